The van der Waals surface area contributed by atoms with E-state index in [1.165, 1.54) is 6.07 Å². The summed E-state index contributed by atoms with van der Waals surface area (Å²) < 4.78 is 19.6. The first-order valence-corrected chi connectivity index (χ1v) is 6.73. The van der Waals surface area contributed by atoms with E-state index >= 15 is 0 Å². The van der Waals surface area contributed by atoms with E-state index in [1.807, 2.05) is 4.90 Å². The van der Waals surface area contributed by atoms with Crippen LogP contribution in [0.2, 0.25) is 0 Å². The molecule has 1 saturated heterocycles. The molecule has 1 aliphatic heterocycles. The monoisotopic (exact) mass is 331 g/mol. The van der Waals surface area contributed by atoms with Gasteiger partial charge in [0.1, 0.15) is 5.82 Å². The van der Waals surface area contributed by atoms with Crippen LogP contribution in [0.15, 0.2) is 22.7 Å². The number of halogens is 2. The van der Waals surface area contributed by atoms with Crippen LogP contribution >= 0.6 is 15.9 Å². The summed E-state index contributed by atoms with van der Waals surface area (Å²) in [6, 6.07) is 4.65. The van der Waals surface area contributed by atoms with Crippen molar-refractivity contribution in [3.05, 3.63) is 34.1 Å². The van der Waals surface area contributed by atoms with Crippen molar-refractivity contribution in [1.82, 2.24) is 4.90 Å². The van der Waals surface area contributed by atoms with Crippen LogP contribution in [0.5, 0.6) is 0 Å². The highest BCUT2D eigenvalue weighted by Crippen LogP contribution is 2.22. The van der Waals surface area contributed by atoms with Gasteiger partial charge in [0.05, 0.1) is 19.1 Å². The molecule has 1 fully saturated rings. The van der Waals surface area contributed by atoms with Crippen molar-refractivity contribution in [2.75, 3.05) is 20.3 Å². The van der Waals surface area contributed by atoms with Gasteiger partial charge in [-0.1, -0.05) is 22.0 Å². The summed E-state index contributed by atoms with van der Waals surface area (Å²) in [6.07, 6.45) is 0. The minimum atomic E-state index is -0.870. The minimum absolute atomic E-state index is 0.215. The molecule has 104 valence electrons. The molecule has 0 aliphatic carbocycles. The van der Waals surface area contributed by atoms with Gasteiger partial charge in [-0.3, -0.25) is 9.69 Å². The lowest BCUT2D eigenvalue weighted by Crippen LogP contribution is -2.40. The standard InChI is InChI=1S/C13H15BrFNO3/c1-16(12-7-19-6-10(12)13(17)18)5-8-2-3-9(14)4-11(8)15/h2-4,10,12H,5-7H2,1H3,(H,17,18). The van der Waals surface area contributed by atoms with Crippen molar-refractivity contribution < 1.29 is 19.0 Å². The van der Waals surface area contributed by atoms with Crippen molar-refractivity contribution >= 4 is 21.9 Å². The third-order valence-electron chi connectivity index (χ3n) is 3.37. The number of ether oxygens (including phenoxy) is 1. The van der Waals surface area contributed by atoms with Gasteiger partial charge in [0.2, 0.25) is 0 Å². The van der Waals surface area contributed by atoms with Crippen molar-refractivity contribution in [2.45, 2.75) is 12.6 Å². The van der Waals surface area contributed by atoms with E-state index in [2.05, 4.69) is 15.9 Å². The molecule has 0 amide bonds. The van der Waals surface area contributed by atoms with E-state index in [-0.39, 0.29) is 18.5 Å². The molecule has 19 heavy (non-hydrogen) atoms. The van der Waals surface area contributed by atoms with Crippen LogP contribution in [-0.2, 0) is 16.1 Å². The van der Waals surface area contributed by atoms with Gasteiger partial charge in [-0.05, 0) is 19.2 Å². The Morgan fingerprint density at radius 2 is 2.32 bits per heavy atom. The third kappa shape index (κ3) is 3.32. The molecule has 0 bridgehead atoms. The number of hydrogen-bond acceptors (Lipinski definition) is 3. The minimum Gasteiger partial charge on any atom is -0.481 e. The Kier molecular flexibility index (Phi) is 4.54. The SMILES string of the molecule is CN(Cc1ccc(Br)cc1F)C1COCC1C(=O)O. The van der Waals surface area contributed by atoms with Crippen LogP contribution < -0.4 is 0 Å². The van der Waals surface area contributed by atoms with Gasteiger partial charge in [0.15, 0.2) is 0 Å². The molecule has 1 aromatic carbocycles. The summed E-state index contributed by atoms with van der Waals surface area (Å²) in [4.78, 5) is 12.9. The van der Waals surface area contributed by atoms with Crippen LogP contribution in [-0.4, -0.2) is 42.3 Å². The molecule has 1 N–H and O–H groups in total. The zero-order chi connectivity index (χ0) is 14.0. The summed E-state index contributed by atoms with van der Waals surface area (Å²) in [7, 11) is 1.79. The van der Waals surface area contributed by atoms with Gasteiger partial charge in [-0.2, -0.15) is 0 Å². The Morgan fingerprint density at radius 3 is 2.95 bits per heavy atom. The van der Waals surface area contributed by atoms with E-state index in [0.29, 0.717) is 23.2 Å². The molecule has 1 heterocycles. The number of carboxylic acid groups (broad SMARTS) is 1. The van der Waals surface area contributed by atoms with Crippen LogP contribution in [0.25, 0.3) is 0 Å². The maximum absolute atomic E-state index is 13.7. The number of carboxylic acids is 1. The molecular formula is C13H15BrFNO3. The molecular weight excluding hydrogens is 317 g/mol. The zero-order valence-electron chi connectivity index (χ0n) is 10.5. The van der Waals surface area contributed by atoms with E-state index in [9.17, 15) is 9.18 Å². The second kappa shape index (κ2) is 5.98. The summed E-state index contributed by atoms with van der Waals surface area (Å²) in [5.74, 6) is -1.72. The van der Waals surface area contributed by atoms with E-state index in [4.69, 9.17) is 9.84 Å². The second-order valence-corrected chi connectivity index (χ2v) is 5.62. The number of rotatable bonds is 4. The Hall–Kier alpha value is -0.980. The average Bonchev–Trinajstić information content (AvgIpc) is 2.82. The van der Waals surface area contributed by atoms with E-state index in [1.54, 1.807) is 19.2 Å². The highest BCUT2D eigenvalue weighted by Gasteiger charge is 2.36. The highest BCUT2D eigenvalue weighted by atomic mass is 79.9. The quantitative estimate of drug-likeness (QED) is 0.918. The van der Waals surface area contributed by atoms with Crippen LogP contribution in [0.3, 0.4) is 0 Å². The lowest BCUT2D eigenvalue weighted by Gasteiger charge is -2.26. The molecule has 0 radical (unpaired) electrons. The third-order valence-corrected chi connectivity index (χ3v) is 3.86. The molecule has 2 unspecified atom stereocenters. The first-order valence-electron chi connectivity index (χ1n) is 5.93. The Labute approximate surface area is 119 Å². The summed E-state index contributed by atoms with van der Waals surface area (Å²) in [5, 5.41) is 9.10. The Balaban J connectivity index is 2.08. The molecule has 2 rings (SSSR count). The molecule has 1 aromatic rings. The van der Waals surface area contributed by atoms with Gasteiger partial charge >= 0.3 is 5.97 Å². The van der Waals surface area contributed by atoms with Crippen molar-refractivity contribution in [3.63, 3.8) is 0 Å². The first-order chi connectivity index (χ1) is 8.99. The molecule has 1 aliphatic rings. The van der Waals surface area contributed by atoms with Crippen LogP contribution in [0.4, 0.5) is 4.39 Å². The second-order valence-electron chi connectivity index (χ2n) is 4.70. The fourth-order valence-corrected chi connectivity index (χ4v) is 2.58. The van der Waals surface area contributed by atoms with Crippen molar-refractivity contribution in [1.29, 1.82) is 0 Å². The maximum atomic E-state index is 13.7. The predicted octanol–water partition coefficient (Wildman–Crippen LogP) is 2.12. The zero-order valence-corrected chi connectivity index (χ0v) is 12.1. The van der Waals surface area contributed by atoms with Gasteiger partial charge < -0.3 is 9.84 Å². The smallest absolute Gasteiger partial charge is 0.310 e. The van der Waals surface area contributed by atoms with Gasteiger partial charge in [-0.25, -0.2) is 4.39 Å². The summed E-state index contributed by atoms with van der Waals surface area (Å²) in [6.45, 7) is 0.940. The molecule has 4 nitrogen and oxygen atoms in total. The topological polar surface area (TPSA) is 49.8 Å². The molecule has 0 saturated carbocycles. The Bertz CT molecular complexity index is 483. The molecule has 6 heteroatoms. The highest BCUT2D eigenvalue weighted by molar-refractivity contribution is 9.10. The lowest BCUT2D eigenvalue weighted by molar-refractivity contribution is -0.143. The van der Waals surface area contributed by atoms with E-state index < -0.39 is 11.9 Å². The number of carbonyl (C=O) groups is 1. The van der Waals surface area contributed by atoms with Crippen LogP contribution in [0.1, 0.15) is 5.56 Å². The fourth-order valence-electron chi connectivity index (χ4n) is 2.25. The maximum Gasteiger partial charge on any atom is 0.310 e. The summed E-state index contributed by atoms with van der Waals surface area (Å²) in [5.41, 5.74) is 0.543. The van der Waals surface area contributed by atoms with Gasteiger partial charge in [0.25, 0.3) is 0 Å². The van der Waals surface area contributed by atoms with Crippen molar-refractivity contribution in [3.8, 4) is 0 Å². The average molecular weight is 332 g/mol. The fraction of sp³-hybridized carbons (Fsp3) is 0.462. The number of benzene rings is 1. The number of hydrogen-bond donors (Lipinski definition) is 1. The number of nitrogens with zero attached hydrogens (tertiary/aromatic N) is 1. The molecule has 2 atom stereocenters. The van der Waals surface area contributed by atoms with Gasteiger partial charge in [0, 0.05) is 22.6 Å². The van der Waals surface area contributed by atoms with E-state index in [0.717, 1.165) is 0 Å². The van der Waals surface area contributed by atoms with Crippen molar-refractivity contribution in [2.24, 2.45) is 5.92 Å². The summed E-state index contributed by atoms with van der Waals surface area (Å²) >= 11 is 3.21. The lowest BCUT2D eigenvalue weighted by atomic mass is 10.0. The molecule has 0 spiro atoms. The van der Waals surface area contributed by atoms with Gasteiger partial charge in [-0.15, -0.1) is 0 Å². The number of aliphatic carboxylic acids is 1. The first kappa shape index (κ1) is 14.4. The predicted molar refractivity (Wildman–Crippen MR) is 71.3 cm³/mol. The Morgan fingerprint density at radius 1 is 1.58 bits per heavy atom. The molecule has 0 aromatic heterocycles. The number of likely N-dealkylation sites (N-methyl/N-ethyl adjacent to an activating group) is 1. The normalized spacial score (nSPS) is 22.9. The largest absolute Gasteiger partial charge is 0.481 e. The van der Waals surface area contributed by atoms with Crippen LogP contribution in [0, 0.1) is 11.7 Å².